The molecular weight excluding hydrogens is 1250 g/mol. The maximum Gasteiger partial charge on any atom is 0.422 e. The molecule has 36 heteroatoms. The van der Waals surface area contributed by atoms with Gasteiger partial charge in [-0.05, 0) is 0 Å². The number of rotatable bonds is 9. The van der Waals surface area contributed by atoms with E-state index in [9.17, 15) is 39.5 Å². The van der Waals surface area contributed by atoms with Gasteiger partial charge in [0.1, 0.15) is 16.7 Å². The third-order valence-corrected chi connectivity index (χ3v) is 11.9. The first kappa shape index (κ1) is 63.2. The lowest BCUT2D eigenvalue weighted by atomic mass is 9.72. The summed E-state index contributed by atoms with van der Waals surface area (Å²) in [5.74, 6) is -103. The van der Waals surface area contributed by atoms with E-state index in [2.05, 4.69) is 14.2 Å². The van der Waals surface area contributed by atoms with Gasteiger partial charge in [-0.1, -0.05) is 0 Å². The zero-order valence-electron chi connectivity index (χ0n) is 39.2. The van der Waals surface area contributed by atoms with Crippen LogP contribution >= 0.6 is 0 Å². The summed E-state index contributed by atoms with van der Waals surface area (Å²) >= 11 is 0. The van der Waals surface area contributed by atoms with Crippen molar-refractivity contribution in [2.45, 2.75) is 18.5 Å². The van der Waals surface area contributed by atoms with Crippen molar-refractivity contribution >= 4 is 0 Å². The van der Waals surface area contributed by atoms with Crippen molar-refractivity contribution in [2.75, 3.05) is 21.3 Å². The van der Waals surface area contributed by atoms with Crippen LogP contribution in [0.2, 0.25) is 0 Å². The van der Waals surface area contributed by atoms with E-state index in [4.69, 9.17) is 0 Å². The van der Waals surface area contributed by atoms with Gasteiger partial charge in [-0.25, -0.2) is 79.0 Å². The van der Waals surface area contributed by atoms with E-state index >= 15 is 105 Å². The Morgan fingerprint density at radius 3 is 0.369 bits per heavy atom. The molecule has 0 unspecified atom stereocenters. The summed E-state index contributed by atoms with van der Waals surface area (Å²) in [6.45, 7) is 0. The van der Waals surface area contributed by atoms with Crippen molar-refractivity contribution in [3.05, 3.63) is 156 Å². The highest BCUT2D eigenvalue weighted by molar-refractivity contribution is 6.16. The maximum atomic E-state index is 17.1. The number of benzene rings is 7. The van der Waals surface area contributed by atoms with Gasteiger partial charge in [0, 0.05) is 33.4 Å². The predicted molar refractivity (Wildman–Crippen MR) is 213 cm³/mol. The van der Waals surface area contributed by atoms with Gasteiger partial charge in [0.2, 0.25) is 34.9 Å². The molecule has 7 aromatic rings. The molecule has 0 heterocycles. The van der Waals surface area contributed by atoms with Crippen molar-refractivity contribution < 1.29 is 159 Å². The minimum absolute atomic E-state index is 0.0168. The summed E-state index contributed by atoms with van der Waals surface area (Å²) in [6, 6.07) is 0. The molecule has 0 aromatic heterocycles. The summed E-state index contributed by atoms with van der Waals surface area (Å²) in [5, 5.41) is 0. The highest BCUT2D eigenvalue weighted by Gasteiger charge is 2.51. The van der Waals surface area contributed by atoms with E-state index in [0.29, 0.717) is 0 Å². The van der Waals surface area contributed by atoms with Crippen LogP contribution in [0.5, 0.6) is 17.2 Å². The first-order chi connectivity index (χ1) is 38.6. The number of hydrogen-bond donors (Lipinski definition) is 0. The molecule has 0 radical (unpaired) electrons. The molecule has 450 valence electrons. The fraction of sp³-hybridized carbons (Fsp3) is 0.125. The molecule has 0 saturated heterocycles. The summed E-state index contributed by atoms with van der Waals surface area (Å²) in [6.07, 6.45) is -20.9. The van der Waals surface area contributed by atoms with Crippen LogP contribution in [0.4, 0.5) is 145 Å². The van der Waals surface area contributed by atoms with Crippen LogP contribution in [-0.4, -0.2) is 21.3 Å². The van der Waals surface area contributed by atoms with Crippen LogP contribution in [0.1, 0.15) is 16.7 Å². The Hall–Kier alpha value is -8.37. The number of methoxy groups -OCH3 is 3. The van der Waals surface area contributed by atoms with E-state index in [0.717, 1.165) is 0 Å². The minimum atomic E-state index is -6.98. The topological polar surface area (TPSA) is 27.7 Å². The second-order valence-corrected chi connectivity index (χ2v) is 16.3. The molecule has 0 spiro atoms. The molecule has 0 atom stereocenters. The molecule has 3 nitrogen and oxygen atoms in total. The second-order valence-electron chi connectivity index (χ2n) is 16.3. The van der Waals surface area contributed by atoms with Crippen LogP contribution in [0.15, 0.2) is 0 Å². The van der Waals surface area contributed by atoms with Gasteiger partial charge in [0.25, 0.3) is 0 Å². The highest BCUT2D eigenvalue weighted by atomic mass is 19.4. The Bertz CT molecular complexity index is 3850. The number of ether oxygens (including phenoxy) is 3. The molecule has 0 amide bonds. The van der Waals surface area contributed by atoms with Gasteiger partial charge < -0.3 is 14.2 Å². The van der Waals surface area contributed by atoms with Gasteiger partial charge >= 0.3 is 18.5 Å². The Morgan fingerprint density at radius 1 is 0.167 bits per heavy atom. The Kier molecular flexibility index (Phi) is 15.8. The third kappa shape index (κ3) is 9.01. The Morgan fingerprint density at radius 2 is 0.274 bits per heavy atom. The SMILES string of the molecule is COc1c(F)c(F)c(-c2c(-c3c(F)c(F)c(OC)c(F)c3F)c(-c3c(F)c(F)c(C(F)(F)F)c(F)c3F)c(-c3c(F)c(F)c(C(F)(F)F)c(F)c3F)c(-c3c(F)c(F)c(OC)c(F)c3F)c2-c2c(F)c(F)c(C(F)(F)F)c(F)c2F)c(F)c1F. The third-order valence-electron chi connectivity index (χ3n) is 11.9. The van der Waals surface area contributed by atoms with Crippen LogP contribution < -0.4 is 14.2 Å². The lowest BCUT2D eigenvalue weighted by Gasteiger charge is -2.31. The van der Waals surface area contributed by atoms with Crippen molar-refractivity contribution in [2.24, 2.45) is 0 Å². The number of halogens is 33. The monoisotopic (exact) mass is 1260 g/mol. The van der Waals surface area contributed by atoms with Gasteiger partial charge in [-0.2, -0.15) is 65.9 Å². The van der Waals surface area contributed by atoms with Crippen LogP contribution in [-0.2, 0) is 18.5 Å². The maximum absolute atomic E-state index is 17.1. The number of hydrogen-bond acceptors (Lipinski definition) is 3. The fourth-order valence-corrected chi connectivity index (χ4v) is 8.58. The van der Waals surface area contributed by atoms with Crippen LogP contribution in [0.25, 0.3) is 66.8 Å². The summed E-state index contributed by atoms with van der Waals surface area (Å²) in [5.41, 5.74) is -59.0. The Labute approximate surface area is 439 Å². The first-order valence-corrected chi connectivity index (χ1v) is 20.8. The predicted octanol–water partition coefficient (Wildman–Crippen LogP) is 18.1. The normalized spacial score (nSPS) is 12.3. The van der Waals surface area contributed by atoms with Crippen molar-refractivity contribution in [3.8, 4) is 84.0 Å². The highest BCUT2D eigenvalue weighted by Crippen LogP contribution is 2.62. The second kappa shape index (κ2) is 21.1. The zero-order valence-corrected chi connectivity index (χ0v) is 39.2. The van der Waals surface area contributed by atoms with E-state index < -0.39 is 259 Å². The molecule has 0 aliphatic heterocycles. The number of alkyl halides is 9. The van der Waals surface area contributed by atoms with E-state index in [1.165, 1.54) is 0 Å². The van der Waals surface area contributed by atoms with Crippen molar-refractivity contribution in [1.82, 2.24) is 0 Å². The molecule has 7 rings (SSSR count). The molecule has 0 fully saturated rings. The average molecular weight is 1260 g/mol. The molecule has 0 N–H and O–H groups in total. The Balaban J connectivity index is 2.26. The van der Waals surface area contributed by atoms with Crippen molar-refractivity contribution in [3.63, 3.8) is 0 Å². The first-order valence-electron chi connectivity index (χ1n) is 20.8. The van der Waals surface area contributed by atoms with Gasteiger partial charge in [0.05, 0.1) is 54.7 Å². The average Bonchev–Trinajstić information content (AvgIpc) is 3.59. The van der Waals surface area contributed by atoms with Crippen LogP contribution in [0, 0.1) is 140 Å². The quantitative estimate of drug-likeness (QED) is 0.106. The summed E-state index contributed by atoms with van der Waals surface area (Å²) < 4.78 is 537. The van der Waals surface area contributed by atoms with E-state index in [-0.39, 0.29) is 21.3 Å². The van der Waals surface area contributed by atoms with Gasteiger partial charge in [0.15, 0.2) is 122 Å². The molecular formula is C48H9F33O3. The minimum Gasteiger partial charge on any atom is -0.491 e. The van der Waals surface area contributed by atoms with E-state index in [1.54, 1.807) is 0 Å². The molecule has 0 bridgehead atoms. The van der Waals surface area contributed by atoms with E-state index in [1.807, 2.05) is 0 Å². The standard InChI is InChI=1S/C48H9F33O3/c1-82-43-37(67)25(55)13(26(56)38(43)68)7-4(10-19(49)31(61)16(46(73,74)75)32(62)20(10)50)5(11-21(51)33(63)17(47(76,77)78)34(64)22(11)52)8(14-27(57)39(69)44(83-2)40(70)28(14)58)9(15-29(59)41(71)45(84-3)42(72)30(15)60)6(7)12-23(53)35(65)18(48(79,80)81)36(66)24(12)54/h1-3H3. The largest absolute Gasteiger partial charge is 0.491 e. The zero-order chi connectivity index (χ0) is 63.9. The molecule has 7 aromatic carbocycles. The molecule has 0 aliphatic rings. The van der Waals surface area contributed by atoms with Gasteiger partial charge in [-0.15, -0.1) is 0 Å². The smallest absolute Gasteiger partial charge is 0.422 e. The van der Waals surface area contributed by atoms with Gasteiger partial charge in [-0.3, -0.25) is 0 Å². The lowest BCUT2D eigenvalue weighted by molar-refractivity contribution is -0.144. The summed E-state index contributed by atoms with van der Waals surface area (Å²) in [4.78, 5) is 0. The van der Waals surface area contributed by atoms with Crippen LogP contribution in [0.3, 0.4) is 0 Å². The van der Waals surface area contributed by atoms with Crippen molar-refractivity contribution in [1.29, 1.82) is 0 Å². The molecule has 84 heavy (non-hydrogen) atoms. The fourth-order valence-electron chi connectivity index (χ4n) is 8.58. The molecule has 0 aliphatic carbocycles. The molecule has 0 saturated carbocycles. The lowest BCUT2D eigenvalue weighted by Crippen LogP contribution is -2.19. The summed E-state index contributed by atoms with van der Waals surface area (Å²) in [7, 11) is -0.0768.